The smallest absolute Gasteiger partial charge is 0.318 e. The van der Waals surface area contributed by atoms with Gasteiger partial charge >= 0.3 is 11.9 Å². The Labute approximate surface area is 152 Å². The number of hydrogen-bond donors (Lipinski definition) is 2. The Morgan fingerprint density at radius 2 is 1.48 bits per heavy atom. The van der Waals surface area contributed by atoms with Gasteiger partial charge in [-0.25, -0.2) is 0 Å². The van der Waals surface area contributed by atoms with Crippen molar-refractivity contribution < 1.29 is 19.8 Å². The lowest BCUT2D eigenvalue weighted by Crippen LogP contribution is -2.23. The van der Waals surface area contributed by atoms with E-state index in [-0.39, 0.29) is 6.42 Å². The van der Waals surface area contributed by atoms with Crippen LogP contribution in [0.15, 0.2) is 23.3 Å². The zero-order valence-corrected chi connectivity index (χ0v) is 16.3. The molecule has 0 amide bonds. The summed E-state index contributed by atoms with van der Waals surface area (Å²) in [6.07, 6.45) is 9.30. The molecular formula is C20H35NO4. The van der Waals surface area contributed by atoms with Crippen LogP contribution < -0.4 is 0 Å². The number of hydrogen-bond acceptors (Lipinski definition) is 3. The van der Waals surface area contributed by atoms with Crippen molar-refractivity contribution in [2.45, 2.75) is 66.2 Å². The molecule has 0 aromatic rings. The monoisotopic (exact) mass is 353 g/mol. The van der Waals surface area contributed by atoms with Crippen molar-refractivity contribution in [2.24, 2.45) is 5.92 Å². The van der Waals surface area contributed by atoms with E-state index in [9.17, 15) is 9.59 Å². The Bertz CT molecular complexity index is 450. The van der Waals surface area contributed by atoms with Crippen LogP contribution in [0.5, 0.6) is 0 Å². The molecule has 0 rings (SSSR count). The second-order valence-electron chi connectivity index (χ2n) is 6.59. The lowest BCUT2D eigenvalue weighted by atomic mass is 10.0. The number of carboxylic acid groups (broad SMARTS) is 2. The highest BCUT2D eigenvalue weighted by Crippen LogP contribution is 2.14. The predicted molar refractivity (Wildman–Crippen MR) is 102 cm³/mol. The van der Waals surface area contributed by atoms with Crippen molar-refractivity contribution in [1.82, 2.24) is 4.90 Å². The highest BCUT2D eigenvalue weighted by molar-refractivity contribution is 5.93. The minimum Gasteiger partial charge on any atom is -0.481 e. The zero-order valence-electron chi connectivity index (χ0n) is 16.3. The molecule has 0 unspecified atom stereocenters. The maximum absolute atomic E-state index is 10.8. The number of carboxylic acids is 2. The van der Waals surface area contributed by atoms with Gasteiger partial charge in [-0.05, 0) is 72.0 Å². The largest absolute Gasteiger partial charge is 0.481 e. The standard InChI is InChI=1S/C20H35NO4/c1-5-21(6-2)15-8-7-10-16(3)11-9-12-17(4)13-14-18(19(22)23)20(24)25/h11,13,18H,5-10,12,14-15H2,1-4H3,(H,22,23)(H,24,25)/b16-11+,17-13+. The molecule has 0 fully saturated rings. The number of carbonyl (C=O) groups is 2. The molecule has 25 heavy (non-hydrogen) atoms. The summed E-state index contributed by atoms with van der Waals surface area (Å²) in [4.78, 5) is 24.1. The molecule has 144 valence electrons. The van der Waals surface area contributed by atoms with Crippen molar-refractivity contribution >= 4 is 11.9 Å². The van der Waals surface area contributed by atoms with E-state index >= 15 is 0 Å². The summed E-state index contributed by atoms with van der Waals surface area (Å²) < 4.78 is 0. The third kappa shape index (κ3) is 11.5. The van der Waals surface area contributed by atoms with Gasteiger partial charge in [-0.1, -0.05) is 37.1 Å². The average molecular weight is 354 g/mol. The van der Waals surface area contributed by atoms with Crippen LogP contribution in [0.25, 0.3) is 0 Å². The maximum Gasteiger partial charge on any atom is 0.318 e. The predicted octanol–water partition coefficient (Wildman–Crippen LogP) is 4.35. The molecule has 0 atom stereocenters. The lowest BCUT2D eigenvalue weighted by molar-refractivity contribution is -0.154. The van der Waals surface area contributed by atoms with E-state index in [1.54, 1.807) is 6.08 Å². The second kappa shape index (κ2) is 13.6. The molecule has 0 radical (unpaired) electrons. The highest BCUT2D eigenvalue weighted by atomic mass is 16.4. The maximum atomic E-state index is 10.8. The Morgan fingerprint density at radius 1 is 0.920 bits per heavy atom. The van der Waals surface area contributed by atoms with Gasteiger partial charge < -0.3 is 15.1 Å². The minimum absolute atomic E-state index is 0.0462. The van der Waals surface area contributed by atoms with Crippen LogP contribution in [0.2, 0.25) is 0 Å². The molecule has 0 aliphatic carbocycles. The number of unbranched alkanes of at least 4 members (excludes halogenated alkanes) is 1. The van der Waals surface area contributed by atoms with Crippen molar-refractivity contribution in [2.75, 3.05) is 19.6 Å². The van der Waals surface area contributed by atoms with Crippen LogP contribution in [-0.2, 0) is 9.59 Å². The third-order valence-electron chi connectivity index (χ3n) is 4.52. The van der Waals surface area contributed by atoms with Gasteiger partial charge in [0.15, 0.2) is 5.92 Å². The Balaban J connectivity index is 4.09. The first-order valence-electron chi connectivity index (χ1n) is 9.30. The molecule has 0 spiro atoms. The van der Waals surface area contributed by atoms with Crippen LogP contribution in [0.3, 0.4) is 0 Å². The van der Waals surface area contributed by atoms with Gasteiger partial charge in [0.2, 0.25) is 0 Å². The van der Waals surface area contributed by atoms with Crippen molar-refractivity contribution in [3.63, 3.8) is 0 Å². The van der Waals surface area contributed by atoms with Gasteiger partial charge in [-0.3, -0.25) is 9.59 Å². The Hall–Kier alpha value is -1.62. The third-order valence-corrected chi connectivity index (χ3v) is 4.52. The van der Waals surface area contributed by atoms with E-state index in [1.165, 1.54) is 18.4 Å². The zero-order chi connectivity index (χ0) is 19.2. The SMILES string of the molecule is CCN(CC)CCCC/C(C)=C/CC/C(C)=C/CC(C(=O)O)C(=O)O. The molecule has 0 aliphatic rings. The highest BCUT2D eigenvalue weighted by Gasteiger charge is 2.24. The summed E-state index contributed by atoms with van der Waals surface area (Å²) >= 11 is 0. The van der Waals surface area contributed by atoms with E-state index in [4.69, 9.17) is 10.2 Å². The molecule has 0 aromatic carbocycles. The molecule has 2 N–H and O–H groups in total. The first-order chi connectivity index (χ1) is 11.8. The van der Waals surface area contributed by atoms with Crippen LogP contribution in [0, 0.1) is 5.92 Å². The quantitative estimate of drug-likeness (QED) is 0.276. The summed E-state index contributed by atoms with van der Waals surface area (Å²) in [6.45, 7) is 11.9. The summed E-state index contributed by atoms with van der Waals surface area (Å²) in [6, 6.07) is 0. The molecular weight excluding hydrogens is 318 g/mol. The first kappa shape index (κ1) is 23.4. The summed E-state index contributed by atoms with van der Waals surface area (Å²) in [5.74, 6) is -3.91. The Morgan fingerprint density at radius 3 is 2.00 bits per heavy atom. The second-order valence-corrected chi connectivity index (χ2v) is 6.59. The van der Waals surface area contributed by atoms with Gasteiger partial charge in [-0.2, -0.15) is 0 Å². The van der Waals surface area contributed by atoms with E-state index < -0.39 is 17.9 Å². The van der Waals surface area contributed by atoms with Crippen molar-refractivity contribution in [3.8, 4) is 0 Å². The number of allylic oxidation sites excluding steroid dienone is 4. The summed E-state index contributed by atoms with van der Waals surface area (Å²) in [5.41, 5.74) is 2.43. The van der Waals surface area contributed by atoms with Crippen LogP contribution in [-0.4, -0.2) is 46.7 Å². The molecule has 0 saturated heterocycles. The van der Waals surface area contributed by atoms with Gasteiger partial charge in [-0.15, -0.1) is 0 Å². The van der Waals surface area contributed by atoms with Crippen molar-refractivity contribution in [3.05, 3.63) is 23.3 Å². The Kier molecular flexibility index (Phi) is 12.8. The first-order valence-corrected chi connectivity index (χ1v) is 9.30. The van der Waals surface area contributed by atoms with Gasteiger partial charge in [0.05, 0.1) is 0 Å². The molecule has 5 heteroatoms. The van der Waals surface area contributed by atoms with Gasteiger partial charge in [0.25, 0.3) is 0 Å². The topological polar surface area (TPSA) is 77.8 Å². The molecule has 0 bridgehead atoms. The van der Waals surface area contributed by atoms with Crippen LogP contribution in [0.4, 0.5) is 0 Å². The van der Waals surface area contributed by atoms with Gasteiger partial charge in [0, 0.05) is 0 Å². The van der Waals surface area contributed by atoms with E-state index in [2.05, 4.69) is 31.7 Å². The number of rotatable bonds is 14. The normalized spacial score (nSPS) is 12.9. The lowest BCUT2D eigenvalue weighted by Gasteiger charge is -2.17. The molecule has 0 heterocycles. The fourth-order valence-corrected chi connectivity index (χ4v) is 2.66. The minimum atomic E-state index is -1.35. The van der Waals surface area contributed by atoms with E-state index in [0.717, 1.165) is 44.5 Å². The molecule has 0 aromatic heterocycles. The number of aliphatic carboxylic acids is 2. The van der Waals surface area contributed by atoms with E-state index in [1.807, 2.05) is 6.92 Å². The molecule has 0 aliphatic heterocycles. The molecule has 0 saturated carbocycles. The molecule has 5 nitrogen and oxygen atoms in total. The van der Waals surface area contributed by atoms with Gasteiger partial charge in [0.1, 0.15) is 0 Å². The van der Waals surface area contributed by atoms with Crippen LogP contribution in [0.1, 0.15) is 66.2 Å². The average Bonchev–Trinajstić information content (AvgIpc) is 2.54. The summed E-state index contributed by atoms with van der Waals surface area (Å²) in [5, 5.41) is 17.7. The number of nitrogens with zero attached hydrogens (tertiary/aromatic N) is 1. The van der Waals surface area contributed by atoms with Crippen molar-refractivity contribution in [1.29, 1.82) is 0 Å². The van der Waals surface area contributed by atoms with Crippen LogP contribution >= 0.6 is 0 Å². The summed E-state index contributed by atoms with van der Waals surface area (Å²) in [7, 11) is 0. The fraction of sp³-hybridized carbons (Fsp3) is 0.700. The fourth-order valence-electron chi connectivity index (χ4n) is 2.66. The van der Waals surface area contributed by atoms with E-state index in [0.29, 0.717) is 0 Å².